The monoisotopic (exact) mass is 152 g/mol. The molecule has 0 spiro atoms. The molecule has 0 atom stereocenters. The Morgan fingerprint density at radius 1 is 1.70 bits per heavy atom. The van der Waals surface area contributed by atoms with Gasteiger partial charge in [-0.3, -0.25) is 0 Å². The summed E-state index contributed by atoms with van der Waals surface area (Å²) in [6, 6.07) is 0. The normalized spacial score (nSPS) is 10.7. The molecule has 0 radical (unpaired) electrons. The van der Waals surface area contributed by atoms with Gasteiger partial charge in [-0.1, -0.05) is 0 Å². The van der Waals surface area contributed by atoms with E-state index in [0.717, 1.165) is 6.08 Å². The highest BCUT2D eigenvalue weighted by molar-refractivity contribution is 5.56. The van der Waals surface area contributed by atoms with Gasteiger partial charge in [0.15, 0.2) is 0 Å². The van der Waals surface area contributed by atoms with Crippen molar-refractivity contribution in [2.24, 2.45) is 0 Å². The molecule has 5 heteroatoms. The molecule has 58 valence electrons. The van der Waals surface area contributed by atoms with E-state index in [4.69, 9.17) is 5.11 Å². The lowest BCUT2D eigenvalue weighted by Gasteiger charge is -1.91. The quantitative estimate of drug-likeness (QED) is 0.492. The van der Waals surface area contributed by atoms with Crippen molar-refractivity contribution >= 4 is 6.16 Å². The molecule has 0 aromatic carbocycles. The molecule has 0 fully saturated rings. The van der Waals surface area contributed by atoms with Crippen molar-refractivity contribution in [3.8, 4) is 0 Å². The zero-order valence-corrected chi connectivity index (χ0v) is 4.96. The van der Waals surface area contributed by atoms with Crippen LogP contribution in [0.25, 0.3) is 0 Å². The minimum absolute atomic E-state index is 0.334. The first-order chi connectivity index (χ1) is 4.63. The van der Waals surface area contributed by atoms with Gasteiger partial charge in [0, 0.05) is 0 Å². The summed E-state index contributed by atoms with van der Waals surface area (Å²) in [4.78, 5) is 9.60. The molecular formula is C5H6F2O3. The fourth-order valence-corrected chi connectivity index (χ4v) is 0.278. The maximum absolute atomic E-state index is 11.3. The van der Waals surface area contributed by atoms with Gasteiger partial charge in [0.1, 0.15) is 6.61 Å². The van der Waals surface area contributed by atoms with Gasteiger partial charge in [0.05, 0.1) is 0 Å². The predicted octanol–water partition coefficient (Wildman–Crippen LogP) is 1.50. The summed E-state index contributed by atoms with van der Waals surface area (Å²) >= 11 is 0. The standard InChI is InChI=1S/C5H6F2O3/c6-4(7)2-1-3-10-5(8)9/h1-2,4H,3H2,(H,8,9). The Kier molecular flexibility index (Phi) is 4.19. The van der Waals surface area contributed by atoms with Gasteiger partial charge in [0.25, 0.3) is 6.43 Å². The van der Waals surface area contributed by atoms with Crippen LogP contribution in [0.3, 0.4) is 0 Å². The van der Waals surface area contributed by atoms with E-state index in [2.05, 4.69) is 4.74 Å². The summed E-state index contributed by atoms with van der Waals surface area (Å²) in [6.07, 6.45) is -2.53. The van der Waals surface area contributed by atoms with Crippen molar-refractivity contribution in [2.45, 2.75) is 6.43 Å². The van der Waals surface area contributed by atoms with Gasteiger partial charge in [-0.2, -0.15) is 0 Å². The highest BCUT2D eigenvalue weighted by atomic mass is 19.3. The number of hydrogen-bond acceptors (Lipinski definition) is 2. The van der Waals surface area contributed by atoms with Gasteiger partial charge >= 0.3 is 6.16 Å². The van der Waals surface area contributed by atoms with Gasteiger partial charge in [-0.25, -0.2) is 13.6 Å². The van der Waals surface area contributed by atoms with Gasteiger partial charge in [-0.05, 0) is 12.2 Å². The molecule has 0 rings (SSSR count). The number of ether oxygens (including phenoxy) is 1. The van der Waals surface area contributed by atoms with E-state index in [1.807, 2.05) is 0 Å². The zero-order valence-electron chi connectivity index (χ0n) is 4.96. The summed E-state index contributed by atoms with van der Waals surface area (Å²) in [5, 5.41) is 7.84. The third kappa shape index (κ3) is 6.87. The van der Waals surface area contributed by atoms with Crippen molar-refractivity contribution in [1.29, 1.82) is 0 Å². The van der Waals surface area contributed by atoms with Crippen molar-refractivity contribution < 1.29 is 23.4 Å². The first kappa shape index (κ1) is 8.87. The van der Waals surface area contributed by atoms with Crippen LogP contribution in [-0.2, 0) is 4.74 Å². The van der Waals surface area contributed by atoms with Crippen LogP contribution >= 0.6 is 0 Å². The third-order valence-electron chi connectivity index (χ3n) is 0.585. The predicted molar refractivity (Wildman–Crippen MR) is 29.1 cm³/mol. The van der Waals surface area contributed by atoms with Crippen molar-refractivity contribution in [3.63, 3.8) is 0 Å². The zero-order chi connectivity index (χ0) is 7.98. The summed E-state index contributed by atoms with van der Waals surface area (Å²) in [7, 11) is 0. The lowest BCUT2D eigenvalue weighted by molar-refractivity contribution is 0.101. The SMILES string of the molecule is O=C(O)OCC=CC(F)F. The molecule has 0 amide bonds. The fraction of sp³-hybridized carbons (Fsp3) is 0.400. The number of rotatable bonds is 3. The molecule has 0 unspecified atom stereocenters. The average Bonchev–Trinajstić information content (AvgIpc) is 1.79. The molecule has 1 N–H and O–H groups in total. The minimum Gasteiger partial charge on any atom is -0.450 e. The maximum atomic E-state index is 11.3. The molecule has 0 heterocycles. The molecule has 3 nitrogen and oxygen atoms in total. The molecule has 10 heavy (non-hydrogen) atoms. The summed E-state index contributed by atoms with van der Waals surface area (Å²) < 4.78 is 26.4. The molecule has 0 bridgehead atoms. The van der Waals surface area contributed by atoms with E-state index in [1.165, 1.54) is 0 Å². The topological polar surface area (TPSA) is 46.5 Å². The van der Waals surface area contributed by atoms with Crippen LogP contribution in [-0.4, -0.2) is 24.3 Å². The highest BCUT2D eigenvalue weighted by Gasteiger charge is 1.94. The molecule has 0 aromatic rings. The Morgan fingerprint density at radius 3 is 2.70 bits per heavy atom. The lowest BCUT2D eigenvalue weighted by Crippen LogP contribution is -1.99. The largest absolute Gasteiger partial charge is 0.506 e. The molecule has 0 aliphatic carbocycles. The lowest BCUT2D eigenvalue weighted by atomic mass is 10.5. The van der Waals surface area contributed by atoms with E-state index in [-0.39, 0.29) is 6.61 Å². The second kappa shape index (κ2) is 4.72. The molecule has 0 saturated carbocycles. The molecule has 0 aliphatic heterocycles. The van der Waals surface area contributed by atoms with E-state index >= 15 is 0 Å². The summed E-state index contributed by atoms with van der Waals surface area (Å²) in [5.74, 6) is 0. The van der Waals surface area contributed by atoms with E-state index < -0.39 is 12.6 Å². The van der Waals surface area contributed by atoms with Crippen molar-refractivity contribution in [2.75, 3.05) is 6.61 Å². The van der Waals surface area contributed by atoms with E-state index in [1.54, 1.807) is 0 Å². The van der Waals surface area contributed by atoms with Gasteiger partial charge in [0.2, 0.25) is 0 Å². The first-order valence-electron chi connectivity index (χ1n) is 2.43. The Morgan fingerprint density at radius 2 is 2.30 bits per heavy atom. The van der Waals surface area contributed by atoms with Crippen molar-refractivity contribution in [1.82, 2.24) is 0 Å². The number of carbonyl (C=O) groups is 1. The highest BCUT2D eigenvalue weighted by Crippen LogP contribution is 1.92. The third-order valence-corrected chi connectivity index (χ3v) is 0.585. The Bertz CT molecular complexity index is 133. The first-order valence-corrected chi connectivity index (χ1v) is 2.43. The maximum Gasteiger partial charge on any atom is 0.506 e. The van der Waals surface area contributed by atoms with Crippen LogP contribution < -0.4 is 0 Å². The van der Waals surface area contributed by atoms with Crippen LogP contribution in [0.5, 0.6) is 0 Å². The summed E-state index contributed by atoms with van der Waals surface area (Å²) in [5.41, 5.74) is 0. The Balaban J connectivity index is 3.27. The number of hydrogen-bond donors (Lipinski definition) is 1. The van der Waals surface area contributed by atoms with Gasteiger partial charge < -0.3 is 9.84 Å². The molecule has 0 aromatic heterocycles. The fourth-order valence-electron chi connectivity index (χ4n) is 0.278. The summed E-state index contributed by atoms with van der Waals surface area (Å²) in [6.45, 7) is -0.334. The number of halogens is 2. The van der Waals surface area contributed by atoms with Crippen LogP contribution in [0, 0.1) is 0 Å². The Labute approximate surface area is 55.9 Å². The Hall–Kier alpha value is -1.13. The molecule has 0 saturated heterocycles. The number of allylic oxidation sites excluding steroid dienone is 1. The van der Waals surface area contributed by atoms with Gasteiger partial charge in [-0.15, -0.1) is 0 Å². The number of alkyl halides is 2. The second-order valence-corrected chi connectivity index (χ2v) is 1.34. The van der Waals surface area contributed by atoms with Crippen LogP contribution in [0.1, 0.15) is 0 Å². The van der Waals surface area contributed by atoms with Crippen molar-refractivity contribution in [3.05, 3.63) is 12.2 Å². The average molecular weight is 152 g/mol. The van der Waals surface area contributed by atoms with E-state index in [9.17, 15) is 13.6 Å². The molecular weight excluding hydrogens is 146 g/mol. The van der Waals surface area contributed by atoms with Crippen LogP contribution in [0.2, 0.25) is 0 Å². The number of carboxylic acid groups (broad SMARTS) is 1. The second-order valence-electron chi connectivity index (χ2n) is 1.34. The van der Waals surface area contributed by atoms with Crippen LogP contribution in [0.15, 0.2) is 12.2 Å². The van der Waals surface area contributed by atoms with Crippen LogP contribution in [0.4, 0.5) is 13.6 Å². The molecule has 0 aliphatic rings. The smallest absolute Gasteiger partial charge is 0.450 e. The minimum atomic E-state index is -2.56. The van der Waals surface area contributed by atoms with E-state index in [0.29, 0.717) is 6.08 Å².